The van der Waals surface area contributed by atoms with Crippen LogP contribution in [0, 0.1) is 5.92 Å². The Labute approximate surface area is 195 Å². The molecule has 0 aliphatic carbocycles. The molecular weight excluding hydrogens is 418 g/mol. The molecule has 7 heteroatoms. The van der Waals surface area contributed by atoms with Crippen molar-refractivity contribution in [1.82, 2.24) is 9.80 Å². The fraction of sp³-hybridized carbons (Fsp3) is 0.462. The van der Waals surface area contributed by atoms with Crippen molar-refractivity contribution in [3.8, 4) is 11.5 Å². The van der Waals surface area contributed by atoms with Gasteiger partial charge in [-0.3, -0.25) is 14.5 Å². The molecule has 1 N–H and O–H groups in total. The highest BCUT2D eigenvalue weighted by Gasteiger charge is 2.24. The van der Waals surface area contributed by atoms with Gasteiger partial charge in [0, 0.05) is 24.8 Å². The highest BCUT2D eigenvalue weighted by Crippen LogP contribution is 2.32. The maximum absolute atomic E-state index is 12.9. The lowest BCUT2D eigenvalue weighted by atomic mass is 9.90. The number of hydrogen-bond donors (Lipinski definition) is 1. The third kappa shape index (κ3) is 6.48. The minimum atomic E-state index is -0.150. The first-order valence-corrected chi connectivity index (χ1v) is 11.8. The molecule has 0 spiro atoms. The van der Waals surface area contributed by atoms with E-state index in [1.54, 1.807) is 18.2 Å². The predicted molar refractivity (Wildman–Crippen MR) is 128 cm³/mol. The molecule has 2 aliphatic heterocycles. The molecule has 2 amide bonds. The van der Waals surface area contributed by atoms with E-state index in [9.17, 15) is 9.59 Å². The molecule has 1 fully saturated rings. The van der Waals surface area contributed by atoms with Gasteiger partial charge in [-0.25, -0.2) is 0 Å². The Bertz CT molecular complexity index is 942. The molecule has 0 aromatic heterocycles. The molecule has 0 bridgehead atoms. The zero-order valence-corrected chi connectivity index (χ0v) is 19.3. The summed E-state index contributed by atoms with van der Waals surface area (Å²) in [7, 11) is 0. The number of rotatable bonds is 8. The van der Waals surface area contributed by atoms with Crippen molar-refractivity contribution < 1.29 is 19.1 Å². The van der Waals surface area contributed by atoms with Crippen LogP contribution in [-0.2, 0) is 16.0 Å². The van der Waals surface area contributed by atoms with Gasteiger partial charge in [0.1, 0.15) is 13.2 Å². The number of benzene rings is 2. The third-order valence-corrected chi connectivity index (χ3v) is 6.33. The number of amides is 2. The Balaban J connectivity index is 1.22. The van der Waals surface area contributed by atoms with E-state index in [1.165, 1.54) is 5.56 Å². The Morgan fingerprint density at radius 3 is 2.45 bits per heavy atom. The first-order valence-electron chi connectivity index (χ1n) is 11.8. The van der Waals surface area contributed by atoms with Gasteiger partial charge in [0.25, 0.3) is 0 Å². The summed E-state index contributed by atoms with van der Waals surface area (Å²) in [5.74, 6) is 1.89. The number of ether oxygens (including phenoxy) is 2. The van der Waals surface area contributed by atoms with Gasteiger partial charge in [-0.1, -0.05) is 37.3 Å². The highest BCUT2D eigenvalue weighted by atomic mass is 16.6. The average Bonchev–Trinajstić information content (AvgIpc) is 2.84. The van der Waals surface area contributed by atoms with Crippen molar-refractivity contribution in [2.75, 3.05) is 51.3 Å². The zero-order valence-electron chi connectivity index (χ0n) is 19.3. The molecule has 7 nitrogen and oxygen atoms in total. The summed E-state index contributed by atoms with van der Waals surface area (Å²) in [6.07, 6.45) is 3.12. The SMILES string of the molecule is CCN(CC(=O)Nc1ccc2c(c1)OCCO2)CC(=O)N1CCC(Cc2ccccc2)CC1. The normalized spacial score (nSPS) is 16.0. The number of likely N-dealkylation sites (tertiary alicyclic amines) is 1. The minimum Gasteiger partial charge on any atom is -0.486 e. The number of fused-ring (bicyclic) bond motifs is 1. The molecule has 2 heterocycles. The molecule has 2 aliphatic rings. The van der Waals surface area contributed by atoms with Gasteiger partial charge < -0.3 is 19.7 Å². The number of nitrogens with zero attached hydrogens (tertiary/aromatic N) is 2. The lowest BCUT2D eigenvalue weighted by molar-refractivity contribution is -0.134. The molecular formula is C26H33N3O4. The van der Waals surface area contributed by atoms with Crippen molar-refractivity contribution in [1.29, 1.82) is 0 Å². The lowest BCUT2D eigenvalue weighted by Crippen LogP contribution is -2.46. The maximum atomic E-state index is 12.9. The van der Waals surface area contributed by atoms with Gasteiger partial charge in [-0.2, -0.15) is 0 Å². The standard InChI is InChI=1S/C26H33N3O4/c1-2-28(18-25(30)27-22-8-9-23-24(17-22)33-15-14-32-23)19-26(31)29-12-10-21(11-13-29)16-20-6-4-3-5-7-20/h3-9,17,21H,2,10-16,18-19H2,1H3,(H,27,30). The van der Waals surface area contributed by atoms with Crippen LogP contribution >= 0.6 is 0 Å². The Morgan fingerprint density at radius 1 is 1.00 bits per heavy atom. The van der Waals surface area contributed by atoms with Crippen LogP contribution in [0.15, 0.2) is 48.5 Å². The van der Waals surface area contributed by atoms with Crippen LogP contribution in [0.25, 0.3) is 0 Å². The maximum Gasteiger partial charge on any atom is 0.238 e. The van der Waals surface area contributed by atoms with Crippen molar-refractivity contribution in [3.63, 3.8) is 0 Å². The molecule has 1 saturated heterocycles. The van der Waals surface area contributed by atoms with Crippen molar-refractivity contribution in [2.24, 2.45) is 5.92 Å². The summed E-state index contributed by atoms with van der Waals surface area (Å²) in [6, 6.07) is 15.9. The predicted octanol–water partition coefficient (Wildman–Crippen LogP) is 3.20. The van der Waals surface area contributed by atoms with Crippen LogP contribution < -0.4 is 14.8 Å². The van der Waals surface area contributed by atoms with Crippen LogP contribution in [0.3, 0.4) is 0 Å². The summed E-state index contributed by atoms with van der Waals surface area (Å²) >= 11 is 0. The number of anilines is 1. The Morgan fingerprint density at radius 2 is 1.73 bits per heavy atom. The van der Waals surface area contributed by atoms with Crippen molar-refractivity contribution in [2.45, 2.75) is 26.2 Å². The van der Waals surface area contributed by atoms with E-state index in [1.807, 2.05) is 22.8 Å². The zero-order chi connectivity index (χ0) is 23.0. The van der Waals surface area contributed by atoms with Gasteiger partial charge in [-0.15, -0.1) is 0 Å². The largest absolute Gasteiger partial charge is 0.486 e. The monoisotopic (exact) mass is 451 g/mol. The molecule has 4 rings (SSSR count). The molecule has 33 heavy (non-hydrogen) atoms. The van der Waals surface area contributed by atoms with E-state index in [0.29, 0.717) is 42.9 Å². The number of nitrogens with one attached hydrogen (secondary N) is 1. The quantitative estimate of drug-likeness (QED) is 0.668. The van der Waals surface area contributed by atoms with E-state index in [0.717, 1.165) is 32.4 Å². The topological polar surface area (TPSA) is 71.1 Å². The number of likely N-dealkylation sites (N-methyl/N-ethyl adjacent to an activating group) is 1. The van der Waals surface area contributed by atoms with Gasteiger partial charge in [0.05, 0.1) is 13.1 Å². The highest BCUT2D eigenvalue weighted by molar-refractivity contribution is 5.93. The summed E-state index contributed by atoms with van der Waals surface area (Å²) in [5, 5.41) is 2.90. The van der Waals surface area contributed by atoms with Crippen LogP contribution in [0.4, 0.5) is 5.69 Å². The van der Waals surface area contributed by atoms with Crippen LogP contribution in [0.1, 0.15) is 25.3 Å². The molecule has 176 valence electrons. The van der Waals surface area contributed by atoms with Gasteiger partial charge >= 0.3 is 0 Å². The lowest BCUT2D eigenvalue weighted by Gasteiger charge is -2.33. The van der Waals surface area contributed by atoms with Gasteiger partial charge in [0.2, 0.25) is 11.8 Å². The second-order valence-electron chi connectivity index (χ2n) is 8.72. The average molecular weight is 452 g/mol. The first kappa shape index (κ1) is 23.1. The summed E-state index contributed by atoms with van der Waals surface area (Å²) in [6.45, 7) is 5.63. The second kappa shape index (κ2) is 11.2. The van der Waals surface area contributed by atoms with Crippen LogP contribution in [0.2, 0.25) is 0 Å². The molecule has 0 saturated carbocycles. The van der Waals surface area contributed by atoms with Crippen molar-refractivity contribution in [3.05, 3.63) is 54.1 Å². The van der Waals surface area contributed by atoms with Crippen molar-refractivity contribution >= 4 is 17.5 Å². The minimum absolute atomic E-state index is 0.0992. The summed E-state index contributed by atoms with van der Waals surface area (Å²) in [5.41, 5.74) is 2.02. The molecule has 0 atom stereocenters. The number of carbonyl (C=O) groups excluding carboxylic acids is 2. The van der Waals surface area contributed by atoms with E-state index in [4.69, 9.17) is 9.47 Å². The second-order valence-corrected chi connectivity index (χ2v) is 8.72. The Hall–Kier alpha value is -3.06. The van der Waals surface area contributed by atoms with E-state index in [2.05, 4.69) is 29.6 Å². The first-order chi connectivity index (χ1) is 16.1. The fourth-order valence-corrected chi connectivity index (χ4v) is 4.43. The number of carbonyl (C=O) groups is 2. The summed E-state index contributed by atoms with van der Waals surface area (Å²) in [4.78, 5) is 29.3. The number of hydrogen-bond acceptors (Lipinski definition) is 5. The summed E-state index contributed by atoms with van der Waals surface area (Å²) < 4.78 is 11.1. The van der Waals surface area contributed by atoms with Gasteiger partial charge in [0.15, 0.2) is 11.5 Å². The van der Waals surface area contributed by atoms with Crippen LogP contribution in [-0.4, -0.2) is 67.6 Å². The number of piperidine rings is 1. The van der Waals surface area contributed by atoms with Crippen LogP contribution in [0.5, 0.6) is 11.5 Å². The van der Waals surface area contributed by atoms with Gasteiger partial charge in [-0.05, 0) is 49.4 Å². The smallest absolute Gasteiger partial charge is 0.238 e. The Kier molecular flexibility index (Phi) is 7.83. The van der Waals surface area contributed by atoms with E-state index < -0.39 is 0 Å². The molecule has 2 aromatic rings. The van der Waals surface area contributed by atoms with E-state index >= 15 is 0 Å². The third-order valence-electron chi connectivity index (χ3n) is 6.33. The fourth-order valence-electron chi connectivity index (χ4n) is 4.43. The molecule has 0 radical (unpaired) electrons. The molecule has 2 aromatic carbocycles. The van der Waals surface area contributed by atoms with E-state index in [-0.39, 0.29) is 24.9 Å². The molecule has 0 unspecified atom stereocenters.